The standard InChI is InChI=1S/C17H22BFO2/c1-16(2)17(3,4)21-18(20-16)15(19)11-12-6-5-7-14(10-12)13-8-9-13/h5-7,10-11,13H,8-9H2,1-4H3. The van der Waals surface area contributed by atoms with Crippen LogP contribution >= 0.6 is 0 Å². The largest absolute Gasteiger partial charge is 0.525 e. The van der Waals surface area contributed by atoms with Crippen molar-refractivity contribution in [2.75, 3.05) is 0 Å². The van der Waals surface area contributed by atoms with Gasteiger partial charge in [0.05, 0.1) is 11.2 Å². The monoisotopic (exact) mass is 288 g/mol. The van der Waals surface area contributed by atoms with Gasteiger partial charge in [-0.15, -0.1) is 0 Å². The summed E-state index contributed by atoms with van der Waals surface area (Å²) in [6.45, 7) is 7.70. The molecule has 2 aliphatic rings. The molecule has 1 heterocycles. The third-order valence-electron chi connectivity index (χ3n) is 4.74. The first-order chi connectivity index (χ1) is 9.78. The zero-order valence-electron chi connectivity index (χ0n) is 13.2. The summed E-state index contributed by atoms with van der Waals surface area (Å²) in [5.74, 6) is 0.665. The highest BCUT2D eigenvalue weighted by atomic mass is 19.1. The molecule has 0 radical (unpaired) electrons. The molecule has 1 aromatic carbocycles. The fourth-order valence-electron chi connectivity index (χ4n) is 2.50. The predicted molar refractivity (Wildman–Crippen MR) is 83.6 cm³/mol. The Kier molecular flexibility index (Phi) is 3.49. The van der Waals surface area contributed by atoms with E-state index in [0.29, 0.717) is 5.92 Å². The van der Waals surface area contributed by atoms with E-state index < -0.39 is 18.3 Å². The van der Waals surface area contributed by atoms with Crippen molar-refractivity contribution in [3.05, 3.63) is 41.1 Å². The summed E-state index contributed by atoms with van der Waals surface area (Å²) >= 11 is 0. The van der Waals surface area contributed by atoms with E-state index in [1.54, 1.807) is 0 Å². The van der Waals surface area contributed by atoms with Crippen molar-refractivity contribution in [2.24, 2.45) is 0 Å². The lowest BCUT2D eigenvalue weighted by Gasteiger charge is -2.32. The van der Waals surface area contributed by atoms with E-state index in [9.17, 15) is 4.39 Å². The van der Waals surface area contributed by atoms with E-state index in [0.717, 1.165) is 5.56 Å². The van der Waals surface area contributed by atoms with Gasteiger partial charge in [0.25, 0.3) is 0 Å². The predicted octanol–water partition coefficient (Wildman–Crippen LogP) is 4.51. The number of rotatable bonds is 3. The SMILES string of the molecule is CC1(C)OB(C(F)=Cc2cccc(C3CC3)c2)OC1(C)C. The molecular weight excluding hydrogens is 266 g/mol. The Hall–Kier alpha value is -1.13. The highest BCUT2D eigenvalue weighted by molar-refractivity contribution is 6.54. The van der Waals surface area contributed by atoms with Gasteiger partial charge in [0.2, 0.25) is 0 Å². The van der Waals surface area contributed by atoms with Crippen LogP contribution in [0.4, 0.5) is 4.39 Å². The van der Waals surface area contributed by atoms with Crippen LogP contribution in [-0.4, -0.2) is 18.3 Å². The van der Waals surface area contributed by atoms with Crippen molar-refractivity contribution in [2.45, 2.75) is 57.7 Å². The molecule has 0 bridgehead atoms. The molecule has 0 unspecified atom stereocenters. The second-order valence-corrected chi connectivity index (χ2v) is 7.06. The summed E-state index contributed by atoms with van der Waals surface area (Å²) < 4.78 is 25.9. The van der Waals surface area contributed by atoms with Crippen molar-refractivity contribution in [3.63, 3.8) is 0 Å². The summed E-state index contributed by atoms with van der Waals surface area (Å²) in [7, 11) is -0.917. The van der Waals surface area contributed by atoms with Crippen LogP contribution in [-0.2, 0) is 9.31 Å². The molecule has 2 fully saturated rings. The first kappa shape index (κ1) is 14.8. The number of hydrogen-bond acceptors (Lipinski definition) is 2. The van der Waals surface area contributed by atoms with Crippen LogP contribution in [0.25, 0.3) is 6.08 Å². The molecule has 1 aliphatic carbocycles. The average Bonchev–Trinajstić information content (AvgIpc) is 3.18. The average molecular weight is 288 g/mol. The highest BCUT2D eigenvalue weighted by Crippen LogP contribution is 2.41. The summed E-state index contributed by atoms with van der Waals surface area (Å²) in [5.41, 5.74) is 0.760. The Morgan fingerprint density at radius 1 is 1.19 bits per heavy atom. The third-order valence-corrected chi connectivity index (χ3v) is 4.74. The number of halogens is 1. The van der Waals surface area contributed by atoms with E-state index in [2.05, 4.69) is 12.1 Å². The van der Waals surface area contributed by atoms with Gasteiger partial charge in [0.1, 0.15) is 5.73 Å². The second kappa shape index (κ2) is 4.96. The molecule has 0 atom stereocenters. The molecule has 1 saturated heterocycles. The highest BCUT2D eigenvalue weighted by Gasteiger charge is 2.53. The van der Waals surface area contributed by atoms with Gasteiger partial charge in [0.15, 0.2) is 0 Å². The van der Waals surface area contributed by atoms with Crippen LogP contribution in [0.2, 0.25) is 0 Å². The zero-order valence-corrected chi connectivity index (χ0v) is 13.2. The van der Waals surface area contributed by atoms with Crippen molar-refractivity contribution in [3.8, 4) is 0 Å². The molecule has 3 rings (SSSR count). The molecule has 4 heteroatoms. The van der Waals surface area contributed by atoms with Crippen molar-refractivity contribution in [1.29, 1.82) is 0 Å². The zero-order chi connectivity index (χ0) is 15.3. The summed E-state index contributed by atoms with van der Waals surface area (Å²) in [6.07, 6.45) is 4.01. The van der Waals surface area contributed by atoms with Crippen molar-refractivity contribution < 1.29 is 13.7 Å². The Morgan fingerprint density at radius 3 is 2.38 bits per heavy atom. The topological polar surface area (TPSA) is 18.5 Å². The van der Waals surface area contributed by atoms with Gasteiger partial charge in [-0.2, -0.15) is 0 Å². The Labute approximate surface area is 126 Å². The minimum Gasteiger partial charge on any atom is -0.398 e. The van der Waals surface area contributed by atoms with Crippen LogP contribution in [0.15, 0.2) is 30.0 Å². The smallest absolute Gasteiger partial charge is 0.398 e. The molecule has 0 N–H and O–H groups in total. The van der Waals surface area contributed by atoms with Crippen LogP contribution in [0.5, 0.6) is 0 Å². The van der Waals surface area contributed by atoms with Gasteiger partial charge in [-0.3, -0.25) is 0 Å². The molecule has 21 heavy (non-hydrogen) atoms. The molecule has 1 aliphatic heterocycles. The Balaban J connectivity index is 1.79. The lowest BCUT2D eigenvalue weighted by Crippen LogP contribution is -2.41. The Morgan fingerprint density at radius 2 is 1.81 bits per heavy atom. The van der Waals surface area contributed by atoms with Crippen molar-refractivity contribution >= 4 is 13.2 Å². The molecule has 1 aromatic rings. The molecule has 0 amide bonds. The maximum Gasteiger partial charge on any atom is 0.525 e. The van der Waals surface area contributed by atoms with Gasteiger partial charge in [-0.1, -0.05) is 24.3 Å². The van der Waals surface area contributed by atoms with Crippen LogP contribution in [0.3, 0.4) is 0 Å². The van der Waals surface area contributed by atoms with Gasteiger partial charge in [0, 0.05) is 0 Å². The van der Waals surface area contributed by atoms with E-state index in [1.807, 2.05) is 39.8 Å². The minimum atomic E-state index is -0.917. The summed E-state index contributed by atoms with van der Waals surface area (Å²) in [6, 6.07) is 8.07. The van der Waals surface area contributed by atoms with Gasteiger partial charge in [-0.05, 0) is 63.7 Å². The first-order valence-electron chi connectivity index (χ1n) is 7.61. The Bertz CT molecular complexity index is 560. The second-order valence-electron chi connectivity index (χ2n) is 7.06. The third kappa shape index (κ3) is 2.92. The van der Waals surface area contributed by atoms with Crippen LogP contribution < -0.4 is 0 Å². The molecular formula is C17H22BFO2. The van der Waals surface area contributed by atoms with Gasteiger partial charge in [-0.25, -0.2) is 4.39 Å². The molecule has 1 saturated carbocycles. The number of hydrogen-bond donors (Lipinski definition) is 0. The van der Waals surface area contributed by atoms with Crippen molar-refractivity contribution in [1.82, 2.24) is 0 Å². The fourth-order valence-corrected chi connectivity index (χ4v) is 2.50. The maximum absolute atomic E-state index is 14.4. The van der Waals surface area contributed by atoms with E-state index in [-0.39, 0.29) is 5.73 Å². The normalized spacial score (nSPS) is 24.4. The van der Waals surface area contributed by atoms with E-state index >= 15 is 0 Å². The van der Waals surface area contributed by atoms with E-state index in [1.165, 1.54) is 24.5 Å². The fraction of sp³-hybridized carbons (Fsp3) is 0.529. The summed E-state index contributed by atoms with van der Waals surface area (Å²) in [5, 5.41) is 0. The molecule has 0 aromatic heterocycles. The molecule has 0 spiro atoms. The first-order valence-corrected chi connectivity index (χ1v) is 7.61. The lowest BCUT2D eigenvalue weighted by molar-refractivity contribution is 0.00578. The number of benzene rings is 1. The van der Waals surface area contributed by atoms with Gasteiger partial charge < -0.3 is 9.31 Å². The molecule has 2 nitrogen and oxygen atoms in total. The van der Waals surface area contributed by atoms with E-state index in [4.69, 9.17) is 9.31 Å². The lowest BCUT2D eigenvalue weighted by atomic mass is 9.86. The summed E-state index contributed by atoms with van der Waals surface area (Å²) in [4.78, 5) is 0. The maximum atomic E-state index is 14.4. The quantitative estimate of drug-likeness (QED) is 0.762. The van der Waals surface area contributed by atoms with Crippen LogP contribution in [0.1, 0.15) is 57.6 Å². The minimum absolute atomic E-state index is 0.374. The van der Waals surface area contributed by atoms with Crippen LogP contribution in [0, 0.1) is 0 Å². The molecule has 112 valence electrons. The van der Waals surface area contributed by atoms with Gasteiger partial charge >= 0.3 is 7.12 Å².